The molecular weight excluding hydrogens is 308 g/mol. The van der Waals surface area contributed by atoms with Gasteiger partial charge < -0.3 is 0 Å². The van der Waals surface area contributed by atoms with Crippen LogP contribution in [-0.2, 0) is 6.42 Å². The van der Waals surface area contributed by atoms with Gasteiger partial charge in [0.25, 0.3) is 0 Å². The number of rotatable bonds is 3. The maximum absolute atomic E-state index is 6.70. The third-order valence-corrected chi connectivity index (χ3v) is 6.53. The van der Waals surface area contributed by atoms with E-state index in [9.17, 15) is 0 Å². The van der Waals surface area contributed by atoms with Gasteiger partial charge in [0.15, 0.2) is 0 Å². The molecular formula is C16H18BrCl. The van der Waals surface area contributed by atoms with Gasteiger partial charge in [0.1, 0.15) is 0 Å². The minimum absolute atomic E-state index is 0.365. The van der Waals surface area contributed by atoms with Gasteiger partial charge in [-0.05, 0) is 73.0 Å². The lowest BCUT2D eigenvalue weighted by Gasteiger charge is -2.14. The van der Waals surface area contributed by atoms with Crippen molar-refractivity contribution in [1.82, 2.24) is 0 Å². The second-order valence-corrected chi connectivity index (χ2v) is 7.89. The quantitative estimate of drug-likeness (QED) is 0.694. The summed E-state index contributed by atoms with van der Waals surface area (Å²) >= 11 is 10.2. The van der Waals surface area contributed by atoms with Crippen molar-refractivity contribution in [3.8, 4) is 0 Å². The predicted molar refractivity (Wildman–Crippen MR) is 78.8 cm³/mol. The fourth-order valence-electron chi connectivity index (χ4n) is 4.86. The molecule has 2 heteroatoms. The number of benzene rings is 1. The Bertz CT molecular complexity index is 439. The Hall–Kier alpha value is -0.0100. The average molecular weight is 326 g/mol. The van der Waals surface area contributed by atoms with Crippen molar-refractivity contribution in [2.75, 3.05) is 0 Å². The van der Waals surface area contributed by atoms with Gasteiger partial charge in [-0.1, -0.05) is 28.1 Å². The minimum atomic E-state index is 0.365. The molecule has 3 aliphatic rings. The first-order valence-electron chi connectivity index (χ1n) is 7.12. The molecule has 5 unspecified atom stereocenters. The molecule has 4 rings (SSSR count). The molecule has 0 aliphatic heterocycles. The minimum Gasteiger partial charge on any atom is -0.122 e. The number of hydrogen-bond acceptors (Lipinski definition) is 0. The van der Waals surface area contributed by atoms with Crippen molar-refractivity contribution in [2.24, 2.45) is 29.6 Å². The van der Waals surface area contributed by atoms with E-state index in [1.54, 1.807) is 0 Å². The standard InChI is InChI=1S/C16H18BrCl/c17-12-5-1-9(2-6-12)7-13(18)16-14-10-3-4-11(8-10)15(14)16/h1-2,5-6,10-11,13-16H,3-4,7-8H2. The molecule has 0 aromatic heterocycles. The third-order valence-electron chi connectivity index (χ3n) is 5.56. The average Bonchev–Trinajstić information content (AvgIpc) is 2.82. The molecule has 0 heterocycles. The van der Waals surface area contributed by atoms with Crippen LogP contribution in [0.1, 0.15) is 24.8 Å². The van der Waals surface area contributed by atoms with Crippen molar-refractivity contribution in [3.05, 3.63) is 34.3 Å². The summed E-state index contributed by atoms with van der Waals surface area (Å²) in [5, 5.41) is 0.365. The van der Waals surface area contributed by atoms with E-state index in [-0.39, 0.29) is 0 Å². The summed E-state index contributed by atoms with van der Waals surface area (Å²) in [6.07, 6.45) is 5.55. The normalized spacial score (nSPS) is 41.8. The van der Waals surface area contributed by atoms with Gasteiger partial charge in [-0.25, -0.2) is 0 Å². The Kier molecular flexibility index (Phi) is 2.78. The van der Waals surface area contributed by atoms with Crippen molar-refractivity contribution in [2.45, 2.75) is 31.1 Å². The second-order valence-electron chi connectivity index (χ2n) is 6.41. The molecule has 96 valence electrons. The number of alkyl halides is 1. The molecule has 0 saturated heterocycles. The van der Waals surface area contributed by atoms with Crippen LogP contribution in [0.5, 0.6) is 0 Å². The van der Waals surface area contributed by atoms with Crippen molar-refractivity contribution in [3.63, 3.8) is 0 Å². The fraction of sp³-hybridized carbons (Fsp3) is 0.625. The molecule has 1 aromatic rings. The zero-order valence-corrected chi connectivity index (χ0v) is 12.7. The molecule has 0 N–H and O–H groups in total. The van der Waals surface area contributed by atoms with E-state index in [2.05, 4.69) is 40.2 Å². The van der Waals surface area contributed by atoms with E-state index in [1.165, 1.54) is 24.8 Å². The topological polar surface area (TPSA) is 0 Å². The molecule has 0 radical (unpaired) electrons. The number of hydrogen-bond donors (Lipinski definition) is 0. The fourth-order valence-corrected chi connectivity index (χ4v) is 5.64. The van der Waals surface area contributed by atoms with Crippen LogP contribution in [0, 0.1) is 29.6 Å². The van der Waals surface area contributed by atoms with E-state index in [1.807, 2.05) is 0 Å². The highest BCUT2D eigenvalue weighted by atomic mass is 79.9. The summed E-state index contributed by atoms with van der Waals surface area (Å²) in [5.41, 5.74) is 1.38. The summed E-state index contributed by atoms with van der Waals surface area (Å²) in [5.74, 6) is 4.91. The molecule has 0 amide bonds. The molecule has 2 bridgehead atoms. The zero-order chi connectivity index (χ0) is 12.3. The molecule has 0 nitrogen and oxygen atoms in total. The molecule has 18 heavy (non-hydrogen) atoms. The van der Waals surface area contributed by atoms with Crippen LogP contribution >= 0.6 is 27.5 Å². The van der Waals surface area contributed by atoms with E-state index in [0.717, 1.165) is 40.5 Å². The van der Waals surface area contributed by atoms with Crippen LogP contribution in [0.4, 0.5) is 0 Å². The predicted octanol–water partition coefficient (Wildman–Crippen LogP) is 4.89. The Balaban J connectivity index is 1.43. The SMILES string of the molecule is ClC(Cc1ccc(Br)cc1)C1C2C3CCC(C3)C12. The van der Waals surface area contributed by atoms with Crippen LogP contribution in [0.15, 0.2) is 28.7 Å². The molecule has 3 fully saturated rings. The maximum Gasteiger partial charge on any atom is 0.0410 e. The van der Waals surface area contributed by atoms with Gasteiger partial charge >= 0.3 is 0 Å². The summed E-state index contributed by atoms with van der Waals surface area (Å²) in [7, 11) is 0. The second kappa shape index (κ2) is 4.24. The summed E-state index contributed by atoms with van der Waals surface area (Å²) in [4.78, 5) is 0. The lowest BCUT2D eigenvalue weighted by Crippen LogP contribution is -2.12. The van der Waals surface area contributed by atoms with Crippen LogP contribution < -0.4 is 0 Å². The highest BCUT2D eigenvalue weighted by molar-refractivity contribution is 9.10. The Labute approximate surface area is 122 Å². The summed E-state index contributed by atoms with van der Waals surface area (Å²) in [6, 6.07) is 8.64. The lowest BCUT2D eigenvalue weighted by molar-refractivity contribution is 0.449. The Morgan fingerprint density at radius 2 is 1.72 bits per heavy atom. The lowest BCUT2D eigenvalue weighted by atomic mass is 9.97. The Morgan fingerprint density at radius 3 is 2.33 bits per heavy atom. The van der Waals surface area contributed by atoms with Crippen LogP contribution in [0.2, 0.25) is 0 Å². The van der Waals surface area contributed by atoms with Crippen molar-refractivity contribution < 1.29 is 0 Å². The van der Waals surface area contributed by atoms with Gasteiger partial charge in [-0.2, -0.15) is 0 Å². The van der Waals surface area contributed by atoms with E-state index in [0.29, 0.717) is 5.38 Å². The van der Waals surface area contributed by atoms with Crippen LogP contribution in [0.3, 0.4) is 0 Å². The molecule has 1 aromatic carbocycles. The van der Waals surface area contributed by atoms with E-state index in [4.69, 9.17) is 11.6 Å². The maximum atomic E-state index is 6.70. The first-order valence-corrected chi connectivity index (χ1v) is 8.35. The van der Waals surface area contributed by atoms with Crippen molar-refractivity contribution >= 4 is 27.5 Å². The van der Waals surface area contributed by atoms with Crippen LogP contribution in [-0.4, -0.2) is 5.38 Å². The largest absolute Gasteiger partial charge is 0.122 e. The first kappa shape index (κ1) is 11.8. The van der Waals surface area contributed by atoms with Gasteiger partial charge in [-0.3, -0.25) is 0 Å². The van der Waals surface area contributed by atoms with E-state index >= 15 is 0 Å². The molecule has 3 saturated carbocycles. The number of fused-ring (bicyclic) bond motifs is 5. The van der Waals surface area contributed by atoms with Gasteiger partial charge in [0, 0.05) is 9.85 Å². The monoisotopic (exact) mass is 324 g/mol. The highest BCUT2D eigenvalue weighted by Gasteiger charge is 2.66. The molecule has 5 atom stereocenters. The smallest absolute Gasteiger partial charge is 0.0410 e. The Morgan fingerprint density at radius 1 is 1.11 bits per heavy atom. The molecule has 3 aliphatic carbocycles. The van der Waals surface area contributed by atoms with Gasteiger partial charge in [0.05, 0.1) is 0 Å². The third kappa shape index (κ3) is 1.78. The number of halogens is 2. The first-order chi connectivity index (χ1) is 8.74. The van der Waals surface area contributed by atoms with E-state index < -0.39 is 0 Å². The van der Waals surface area contributed by atoms with Gasteiger partial charge in [0.2, 0.25) is 0 Å². The van der Waals surface area contributed by atoms with Gasteiger partial charge in [-0.15, -0.1) is 11.6 Å². The summed E-state index contributed by atoms with van der Waals surface area (Å²) < 4.78 is 1.15. The molecule has 0 spiro atoms. The van der Waals surface area contributed by atoms with Crippen molar-refractivity contribution in [1.29, 1.82) is 0 Å². The zero-order valence-electron chi connectivity index (χ0n) is 10.4. The summed E-state index contributed by atoms with van der Waals surface area (Å²) in [6.45, 7) is 0. The van der Waals surface area contributed by atoms with Crippen LogP contribution in [0.25, 0.3) is 0 Å². The highest BCUT2D eigenvalue weighted by Crippen LogP contribution is 2.71.